The van der Waals surface area contributed by atoms with Gasteiger partial charge in [-0.1, -0.05) is 36.8 Å². The molecule has 0 amide bonds. The summed E-state index contributed by atoms with van der Waals surface area (Å²) in [4.78, 5) is 11.1. The van der Waals surface area contributed by atoms with Crippen molar-refractivity contribution in [3.8, 4) is 0 Å². The molecule has 0 saturated heterocycles. The second kappa shape index (κ2) is 9.80. The second-order valence-corrected chi connectivity index (χ2v) is 6.81. The SMILES string of the molecule is CCNC(=NCc1ccnc(N(C)C)c1)NCC(C)c1cccc(C)c1. The lowest BCUT2D eigenvalue weighted by molar-refractivity contribution is 0.699. The minimum atomic E-state index is 0.417. The van der Waals surface area contributed by atoms with E-state index in [1.54, 1.807) is 0 Å². The molecule has 0 saturated carbocycles. The molecule has 0 aliphatic heterocycles. The van der Waals surface area contributed by atoms with Crippen LogP contribution in [-0.2, 0) is 6.54 Å². The summed E-state index contributed by atoms with van der Waals surface area (Å²) in [5.41, 5.74) is 3.79. The average molecular weight is 354 g/mol. The van der Waals surface area contributed by atoms with Gasteiger partial charge in [0.05, 0.1) is 6.54 Å². The number of nitrogens with one attached hydrogen (secondary N) is 2. The van der Waals surface area contributed by atoms with E-state index in [0.717, 1.165) is 30.4 Å². The molecule has 0 aliphatic carbocycles. The van der Waals surface area contributed by atoms with Gasteiger partial charge in [0.2, 0.25) is 0 Å². The Labute approximate surface area is 157 Å². The van der Waals surface area contributed by atoms with Gasteiger partial charge in [-0.25, -0.2) is 9.98 Å². The van der Waals surface area contributed by atoms with Gasteiger partial charge in [0.25, 0.3) is 0 Å². The number of aliphatic imine (C=N–C) groups is 1. The summed E-state index contributed by atoms with van der Waals surface area (Å²) in [6, 6.07) is 12.8. The maximum Gasteiger partial charge on any atom is 0.191 e. The number of pyridine rings is 1. The second-order valence-electron chi connectivity index (χ2n) is 6.81. The maximum atomic E-state index is 4.72. The molecule has 2 N–H and O–H groups in total. The Morgan fingerprint density at radius 1 is 1.19 bits per heavy atom. The van der Waals surface area contributed by atoms with Gasteiger partial charge in [0.15, 0.2) is 5.96 Å². The molecule has 1 unspecified atom stereocenters. The molecule has 0 aliphatic rings. The first kappa shape index (κ1) is 19.8. The van der Waals surface area contributed by atoms with E-state index in [4.69, 9.17) is 4.99 Å². The molecule has 1 aromatic heterocycles. The van der Waals surface area contributed by atoms with Crippen molar-refractivity contribution in [2.45, 2.75) is 33.2 Å². The van der Waals surface area contributed by atoms with Crippen molar-refractivity contribution in [1.82, 2.24) is 15.6 Å². The van der Waals surface area contributed by atoms with E-state index in [9.17, 15) is 0 Å². The smallest absolute Gasteiger partial charge is 0.191 e. The van der Waals surface area contributed by atoms with Gasteiger partial charge in [-0.05, 0) is 43.0 Å². The Kier molecular flexibility index (Phi) is 7.45. The molecule has 26 heavy (non-hydrogen) atoms. The van der Waals surface area contributed by atoms with Gasteiger partial charge in [-0.2, -0.15) is 0 Å². The number of aromatic nitrogens is 1. The molecule has 0 fully saturated rings. The highest BCUT2D eigenvalue weighted by Gasteiger charge is 2.07. The van der Waals surface area contributed by atoms with Crippen LogP contribution in [0.25, 0.3) is 0 Å². The highest BCUT2D eigenvalue weighted by molar-refractivity contribution is 5.79. The Hall–Kier alpha value is -2.56. The lowest BCUT2D eigenvalue weighted by atomic mass is 9.99. The van der Waals surface area contributed by atoms with E-state index < -0.39 is 0 Å². The maximum absolute atomic E-state index is 4.72. The predicted octanol–water partition coefficient (Wildman–Crippen LogP) is 3.31. The molecule has 5 heteroatoms. The summed E-state index contributed by atoms with van der Waals surface area (Å²) in [7, 11) is 3.99. The van der Waals surface area contributed by atoms with Crippen LogP contribution in [0.4, 0.5) is 5.82 Å². The van der Waals surface area contributed by atoms with Crippen molar-refractivity contribution in [3.05, 3.63) is 59.3 Å². The predicted molar refractivity (Wildman–Crippen MR) is 111 cm³/mol. The van der Waals surface area contributed by atoms with Crippen LogP contribution >= 0.6 is 0 Å². The molecule has 1 aromatic carbocycles. The number of guanidine groups is 1. The van der Waals surface area contributed by atoms with E-state index in [-0.39, 0.29) is 0 Å². The molecule has 0 bridgehead atoms. The highest BCUT2D eigenvalue weighted by atomic mass is 15.2. The molecule has 2 rings (SSSR count). The molecular weight excluding hydrogens is 322 g/mol. The lowest BCUT2D eigenvalue weighted by Crippen LogP contribution is -2.39. The number of hydrogen-bond acceptors (Lipinski definition) is 3. The molecule has 0 radical (unpaired) electrons. The number of rotatable bonds is 7. The molecule has 0 spiro atoms. The van der Waals surface area contributed by atoms with Gasteiger partial charge >= 0.3 is 0 Å². The van der Waals surface area contributed by atoms with E-state index in [1.165, 1.54) is 11.1 Å². The van der Waals surface area contributed by atoms with Gasteiger partial charge in [0.1, 0.15) is 5.82 Å². The van der Waals surface area contributed by atoms with Crippen LogP contribution in [-0.4, -0.2) is 38.1 Å². The third-order valence-corrected chi connectivity index (χ3v) is 4.22. The molecule has 1 heterocycles. The lowest BCUT2D eigenvalue weighted by Gasteiger charge is -2.17. The number of aryl methyl sites for hydroxylation is 1. The first-order valence-electron chi connectivity index (χ1n) is 9.20. The summed E-state index contributed by atoms with van der Waals surface area (Å²) in [5.74, 6) is 2.21. The van der Waals surface area contributed by atoms with Crippen molar-refractivity contribution >= 4 is 11.8 Å². The number of anilines is 1. The third kappa shape index (κ3) is 6.06. The molecule has 1 atom stereocenters. The van der Waals surface area contributed by atoms with Crippen molar-refractivity contribution in [2.24, 2.45) is 4.99 Å². The van der Waals surface area contributed by atoms with Crippen molar-refractivity contribution < 1.29 is 0 Å². The fourth-order valence-electron chi connectivity index (χ4n) is 2.66. The quantitative estimate of drug-likeness (QED) is 0.592. The van der Waals surface area contributed by atoms with Crippen LogP contribution in [0, 0.1) is 6.92 Å². The number of hydrogen-bond donors (Lipinski definition) is 2. The standard InChI is InChI=1S/C21H31N5/c1-6-22-21(24-14-17(3)19-9-7-8-16(2)12-19)25-15-18-10-11-23-20(13-18)26(4)5/h7-13,17H,6,14-15H2,1-5H3,(H2,22,24,25). The number of nitrogens with zero attached hydrogens (tertiary/aromatic N) is 3. The average Bonchev–Trinajstić information content (AvgIpc) is 2.64. The minimum Gasteiger partial charge on any atom is -0.363 e. The largest absolute Gasteiger partial charge is 0.363 e. The third-order valence-electron chi connectivity index (χ3n) is 4.22. The van der Waals surface area contributed by atoms with Crippen LogP contribution < -0.4 is 15.5 Å². The van der Waals surface area contributed by atoms with E-state index in [2.05, 4.69) is 66.7 Å². The zero-order chi connectivity index (χ0) is 18.9. The normalized spacial score (nSPS) is 12.6. The Morgan fingerprint density at radius 2 is 2.00 bits per heavy atom. The summed E-state index contributed by atoms with van der Waals surface area (Å²) >= 11 is 0. The summed E-state index contributed by atoms with van der Waals surface area (Å²) < 4.78 is 0. The topological polar surface area (TPSA) is 52.6 Å². The Morgan fingerprint density at radius 3 is 2.69 bits per heavy atom. The van der Waals surface area contributed by atoms with Crippen LogP contribution in [0.1, 0.15) is 36.5 Å². The van der Waals surface area contributed by atoms with Crippen molar-refractivity contribution in [1.29, 1.82) is 0 Å². The Bertz CT molecular complexity index is 724. The van der Waals surface area contributed by atoms with Crippen molar-refractivity contribution in [3.63, 3.8) is 0 Å². The van der Waals surface area contributed by atoms with E-state index in [0.29, 0.717) is 12.5 Å². The molecule has 140 valence electrons. The zero-order valence-corrected chi connectivity index (χ0v) is 16.6. The van der Waals surface area contributed by atoms with Crippen LogP contribution in [0.15, 0.2) is 47.6 Å². The summed E-state index contributed by atoms with van der Waals surface area (Å²) in [6.45, 7) is 8.75. The van der Waals surface area contributed by atoms with Crippen LogP contribution in [0.3, 0.4) is 0 Å². The summed E-state index contributed by atoms with van der Waals surface area (Å²) in [6.07, 6.45) is 1.83. The molecule has 2 aromatic rings. The fraction of sp³-hybridized carbons (Fsp3) is 0.429. The first-order chi connectivity index (χ1) is 12.5. The van der Waals surface area contributed by atoms with E-state index in [1.807, 2.05) is 31.3 Å². The minimum absolute atomic E-state index is 0.417. The van der Waals surface area contributed by atoms with Gasteiger partial charge in [-0.3, -0.25) is 0 Å². The molecule has 5 nitrogen and oxygen atoms in total. The monoisotopic (exact) mass is 353 g/mol. The van der Waals surface area contributed by atoms with Gasteiger partial charge in [-0.15, -0.1) is 0 Å². The Balaban J connectivity index is 1.99. The van der Waals surface area contributed by atoms with Crippen molar-refractivity contribution in [2.75, 3.05) is 32.1 Å². The van der Waals surface area contributed by atoms with Gasteiger partial charge in [0, 0.05) is 33.4 Å². The van der Waals surface area contributed by atoms with E-state index >= 15 is 0 Å². The van der Waals surface area contributed by atoms with Crippen LogP contribution in [0.5, 0.6) is 0 Å². The first-order valence-corrected chi connectivity index (χ1v) is 9.20. The zero-order valence-electron chi connectivity index (χ0n) is 16.6. The van der Waals surface area contributed by atoms with Crippen LogP contribution in [0.2, 0.25) is 0 Å². The number of benzene rings is 1. The summed E-state index contributed by atoms with van der Waals surface area (Å²) in [5, 5.41) is 6.78. The van der Waals surface area contributed by atoms with Gasteiger partial charge < -0.3 is 15.5 Å². The highest BCUT2D eigenvalue weighted by Crippen LogP contribution is 2.15. The molecular formula is C21H31N5. The fourth-order valence-corrected chi connectivity index (χ4v) is 2.66.